The molecule has 6 heteroatoms. The molecule has 48 heavy (non-hydrogen) atoms. The minimum Gasteiger partial charge on any atom is -0.507 e. The third kappa shape index (κ3) is 5.97. The molecule has 0 radical (unpaired) electrons. The van der Waals surface area contributed by atoms with Crippen LogP contribution in [-0.4, -0.2) is 24.6 Å². The molecule has 7 rings (SSSR count). The van der Waals surface area contributed by atoms with Gasteiger partial charge in [-0.25, -0.2) is 4.98 Å². The monoisotopic (exact) mass is 810 g/mol. The van der Waals surface area contributed by atoms with Gasteiger partial charge in [0.1, 0.15) is 11.3 Å². The first-order valence-corrected chi connectivity index (χ1v) is 16.1. The number of rotatable bonds is 4. The topological polar surface area (TPSA) is 63.8 Å². The van der Waals surface area contributed by atoms with E-state index in [9.17, 15) is 5.11 Å². The van der Waals surface area contributed by atoms with E-state index in [1.807, 2.05) is 30.5 Å². The van der Waals surface area contributed by atoms with Crippen molar-refractivity contribution in [2.45, 2.75) is 59.3 Å². The van der Waals surface area contributed by atoms with E-state index < -0.39 is 0 Å². The molecule has 5 nitrogen and oxygen atoms in total. The van der Waals surface area contributed by atoms with Crippen molar-refractivity contribution in [3.05, 3.63) is 126 Å². The first-order chi connectivity index (χ1) is 22.4. The number of benzene rings is 4. The number of aryl methyl sites for hydroxylation is 1. The van der Waals surface area contributed by atoms with Crippen LogP contribution in [0.4, 0.5) is 0 Å². The minimum absolute atomic E-state index is 0. The van der Waals surface area contributed by atoms with Crippen molar-refractivity contribution in [1.82, 2.24) is 19.5 Å². The van der Waals surface area contributed by atoms with Crippen LogP contribution in [0.3, 0.4) is 0 Å². The van der Waals surface area contributed by atoms with Crippen molar-refractivity contribution in [3.63, 3.8) is 0 Å². The van der Waals surface area contributed by atoms with Gasteiger partial charge in [-0.05, 0) is 70.2 Å². The third-order valence-corrected chi connectivity index (χ3v) is 8.99. The number of phenolic OH excluding ortho intramolecular Hbond substituents is 1. The number of hydrogen-bond acceptors (Lipinski definition) is 4. The molecule has 0 spiro atoms. The van der Waals surface area contributed by atoms with Gasteiger partial charge in [0.2, 0.25) is 0 Å². The van der Waals surface area contributed by atoms with Gasteiger partial charge in [0.05, 0.1) is 5.82 Å². The molecule has 0 saturated heterocycles. The first kappa shape index (κ1) is 33.3. The van der Waals surface area contributed by atoms with E-state index in [0.717, 1.165) is 44.7 Å². The summed E-state index contributed by atoms with van der Waals surface area (Å²) in [5, 5.41) is 12.0. The number of imidazole rings is 1. The first-order valence-electron chi connectivity index (χ1n) is 16.1. The number of aromatic nitrogens is 4. The summed E-state index contributed by atoms with van der Waals surface area (Å²) < 4.78 is 2.10. The molecule has 0 amide bonds. The summed E-state index contributed by atoms with van der Waals surface area (Å²) >= 11 is 0. The maximum atomic E-state index is 10.8. The average Bonchev–Trinajstić information content (AvgIpc) is 3.44. The molecule has 0 aliphatic rings. The maximum absolute atomic E-state index is 10.8. The Labute approximate surface area is 297 Å². The van der Waals surface area contributed by atoms with Crippen LogP contribution in [0.2, 0.25) is 0 Å². The van der Waals surface area contributed by atoms with Gasteiger partial charge in [-0.3, -0.25) is 9.97 Å². The summed E-state index contributed by atoms with van der Waals surface area (Å²) in [7, 11) is 0. The van der Waals surface area contributed by atoms with Crippen molar-refractivity contribution in [1.29, 1.82) is 0 Å². The fraction of sp³-hybridized carbons (Fsp3) is 0.214. The largest absolute Gasteiger partial charge is 0.507 e. The van der Waals surface area contributed by atoms with Crippen LogP contribution in [0, 0.1) is 13.0 Å². The fourth-order valence-corrected chi connectivity index (χ4v) is 6.21. The van der Waals surface area contributed by atoms with Gasteiger partial charge in [-0.1, -0.05) is 95.1 Å². The van der Waals surface area contributed by atoms with Gasteiger partial charge < -0.3 is 9.67 Å². The number of nitrogens with zero attached hydrogens (tertiary/aromatic N) is 4. The normalized spacial score (nSPS) is 12.0. The van der Waals surface area contributed by atoms with Crippen LogP contribution in [0.15, 0.2) is 103 Å². The number of para-hydroxylation sites is 1. The quantitative estimate of drug-likeness (QED) is 0.180. The van der Waals surface area contributed by atoms with Gasteiger partial charge in [0.15, 0.2) is 5.65 Å². The standard InChI is InChI=1S/C42H39N4O.Pt/c1-26-19-21-43-37-34(26)24-30(42(5,6)7)25-35(37)27-11-10-12-28(23-27)39-45-38-33(32-13-8-9-14-36(32)47)20-22-44-40(38)46(39)31-17-15-29(16-18-31)41(2,3)4;/h8-22,24-25,47H,1-7H3;/q-1;. The third-order valence-electron chi connectivity index (χ3n) is 8.99. The Morgan fingerprint density at radius 2 is 1.33 bits per heavy atom. The second-order valence-electron chi connectivity index (χ2n) is 14.4. The Morgan fingerprint density at radius 1 is 0.646 bits per heavy atom. The number of phenols is 1. The molecule has 0 fully saturated rings. The zero-order chi connectivity index (χ0) is 33.1. The SMILES string of the molecule is Cc1ccnc2c(-c3[c-]c(-c4nc5c(-c6ccccc6O)ccnc5n4-c4ccc(C(C)(C)C)cc4)ccc3)cc(C(C)(C)C)cc12.[Pt]. The van der Waals surface area contributed by atoms with E-state index in [-0.39, 0.29) is 37.6 Å². The minimum atomic E-state index is -0.0406. The molecule has 0 aliphatic heterocycles. The van der Waals surface area contributed by atoms with Gasteiger partial charge >= 0.3 is 0 Å². The molecule has 244 valence electrons. The van der Waals surface area contributed by atoms with E-state index in [0.29, 0.717) is 16.7 Å². The molecule has 0 atom stereocenters. The van der Waals surface area contributed by atoms with Crippen LogP contribution in [-0.2, 0) is 31.9 Å². The Kier molecular flexibility index (Phi) is 8.64. The zero-order valence-corrected chi connectivity index (χ0v) is 30.6. The summed E-state index contributed by atoms with van der Waals surface area (Å²) in [6, 6.07) is 34.5. The molecule has 3 aromatic heterocycles. The predicted molar refractivity (Wildman–Crippen MR) is 193 cm³/mol. The van der Waals surface area contributed by atoms with Crippen LogP contribution in [0.1, 0.15) is 58.2 Å². The average molecular weight is 811 g/mol. The molecule has 4 aromatic carbocycles. The van der Waals surface area contributed by atoms with Gasteiger partial charge in [-0.15, -0.1) is 29.8 Å². The number of fused-ring (bicyclic) bond motifs is 2. The molecule has 0 aliphatic carbocycles. The van der Waals surface area contributed by atoms with Gasteiger partial charge in [-0.2, -0.15) is 0 Å². The molecular formula is C42H39N4OPt-. The van der Waals surface area contributed by atoms with Crippen molar-refractivity contribution in [3.8, 4) is 45.1 Å². The maximum Gasteiger partial charge on any atom is 0.157 e. The van der Waals surface area contributed by atoms with Crippen molar-refractivity contribution in [2.75, 3.05) is 0 Å². The summed E-state index contributed by atoms with van der Waals surface area (Å²) in [5.41, 5.74) is 11.4. The van der Waals surface area contributed by atoms with E-state index in [1.54, 1.807) is 12.3 Å². The fourth-order valence-electron chi connectivity index (χ4n) is 6.21. The summed E-state index contributed by atoms with van der Waals surface area (Å²) in [4.78, 5) is 15.0. The van der Waals surface area contributed by atoms with Gasteiger partial charge in [0, 0.05) is 55.8 Å². The Balaban J connectivity index is 0.00000401. The van der Waals surface area contributed by atoms with Crippen LogP contribution < -0.4 is 0 Å². The Bertz CT molecular complexity index is 2290. The zero-order valence-electron chi connectivity index (χ0n) is 28.4. The molecule has 3 heterocycles. The summed E-state index contributed by atoms with van der Waals surface area (Å²) in [6.07, 6.45) is 3.67. The summed E-state index contributed by atoms with van der Waals surface area (Å²) in [5.74, 6) is 0.925. The van der Waals surface area contributed by atoms with Crippen LogP contribution in [0.25, 0.3) is 61.4 Å². The second-order valence-corrected chi connectivity index (χ2v) is 14.4. The molecule has 0 unspecified atom stereocenters. The second kappa shape index (κ2) is 12.4. The van der Waals surface area contributed by atoms with Crippen molar-refractivity contribution in [2.24, 2.45) is 0 Å². The van der Waals surface area contributed by atoms with E-state index in [4.69, 9.17) is 15.0 Å². The Hall–Kier alpha value is -4.60. The number of hydrogen-bond donors (Lipinski definition) is 1. The Morgan fingerprint density at radius 3 is 2.04 bits per heavy atom. The van der Waals surface area contributed by atoms with Crippen molar-refractivity contribution >= 4 is 22.1 Å². The number of aromatic hydroxyl groups is 1. The van der Waals surface area contributed by atoms with Crippen LogP contribution in [0.5, 0.6) is 5.75 Å². The van der Waals surface area contributed by atoms with Crippen LogP contribution >= 0.6 is 0 Å². The molecule has 1 N–H and O–H groups in total. The predicted octanol–water partition coefficient (Wildman–Crippen LogP) is 10.4. The summed E-state index contributed by atoms with van der Waals surface area (Å²) in [6.45, 7) is 15.5. The van der Waals surface area contributed by atoms with E-state index in [1.165, 1.54) is 16.7 Å². The molecule has 0 bridgehead atoms. The van der Waals surface area contributed by atoms with Crippen molar-refractivity contribution < 1.29 is 26.2 Å². The smallest absolute Gasteiger partial charge is 0.157 e. The van der Waals surface area contributed by atoms with Gasteiger partial charge in [0.25, 0.3) is 0 Å². The molecule has 0 saturated carbocycles. The van der Waals surface area contributed by atoms with E-state index >= 15 is 0 Å². The number of pyridine rings is 2. The molecule has 7 aromatic rings. The molecular weight excluding hydrogens is 772 g/mol. The van der Waals surface area contributed by atoms with E-state index in [2.05, 4.69) is 120 Å².